The smallest absolute Gasteiger partial charge is 0.276 e. The van der Waals surface area contributed by atoms with E-state index in [-0.39, 0.29) is 12.0 Å². The fourth-order valence-corrected chi connectivity index (χ4v) is 3.12. The van der Waals surface area contributed by atoms with Gasteiger partial charge in [0.1, 0.15) is 6.10 Å². The quantitative estimate of drug-likeness (QED) is 0.650. The number of hydrogen-bond acceptors (Lipinski definition) is 5. The molecule has 1 aromatic carbocycles. The van der Waals surface area contributed by atoms with Gasteiger partial charge in [-0.15, -0.1) is 0 Å². The molecule has 1 aliphatic heterocycles. The van der Waals surface area contributed by atoms with E-state index in [2.05, 4.69) is 26.1 Å². The summed E-state index contributed by atoms with van der Waals surface area (Å²) >= 11 is 3.34. The number of carbonyl (C=O) groups is 1. The van der Waals surface area contributed by atoms with Crippen molar-refractivity contribution >= 4 is 21.8 Å². The van der Waals surface area contributed by atoms with Crippen LogP contribution in [-0.2, 0) is 0 Å². The van der Waals surface area contributed by atoms with Gasteiger partial charge in [-0.3, -0.25) is 4.79 Å². The van der Waals surface area contributed by atoms with Gasteiger partial charge in [0.2, 0.25) is 5.88 Å². The number of hydrogen-bond donors (Lipinski definition) is 0. The molecule has 132 valence electrons. The summed E-state index contributed by atoms with van der Waals surface area (Å²) in [4.78, 5) is 18.6. The number of halogens is 1. The molecule has 1 fully saturated rings. The lowest BCUT2D eigenvalue weighted by Gasteiger charge is -2.15. The molecule has 4 rings (SSSR count). The first-order valence-corrected chi connectivity index (χ1v) is 9.08. The average Bonchev–Trinajstić information content (AvgIpc) is 3.34. The molecular weight excluding hydrogens is 398 g/mol. The number of nitrogens with zero attached hydrogens (tertiary/aromatic N) is 3. The SMILES string of the molecule is O=C(c1cc(-c2ccccc2)on1)N1CCC(Oc2ccc(Br)cn2)C1. The number of carbonyl (C=O) groups excluding carboxylic acids is 1. The lowest BCUT2D eigenvalue weighted by atomic mass is 10.1. The lowest BCUT2D eigenvalue weighted by molar-refractivity contribution is 0.0761. The van der Waals surface area contributed by atoms with Crippen LogP contribution < -0.4 is 4.74 Å². The van der Waals surface area contributed by atoms with Gasteiger partial charge in [-0.25, -0.2) is 4.98 Å². The summed E-state index contributed by atoms with van der Waals surface area (Å²) in [6.45, 7) is 1.12. The van der Waals surface area contributed by atoms with Crippen LogP contribution in [0.3, 0.4) is 0 Å². The van der Waals surface area contributed by atoms with Crippen molar-refractivity contribution in [3.8, 4) is 17.2 Å². The van der Waals surface area contributed by atoms with Crippen LogP contribution in [0.4, 0.5) is 0 Å². The second-order valence-electron chi connectivity index (χ2n) is 6.04. The minimum Gasteiger partial charge on any atom is -0.472 e. The van der Waals surface area contributed by atoms with Crippen LogP contribution in [0.1, 0.15) is 16.9 Å². The van der Waals surface area contributed by atoms with Crippen LogP contribution in [-0.4, -0.2) is 40.1 Å². The van der Waals surface area contributed by atoms with Crippen LogP contribution in [0.2, 0.25) is 0 Å². The fraction of sp³-hybridized carbons (Fsp3) is 0.211. The van der Waals surface area contributed by atoms with Gasteiger partial charge >= 0.3 is 0 Å². The number of rotatable bonds is 4. The van der Waals surface area contributed by atoms with Crippen LogP contribution >= 0.6 is 15.9 Å². The molecule has 6 nitrogen and oxygen atoms in total. The number of pyridine rings is 1. The highest BCUT2D eigenvalue weighted by atomic mass is 79.9. The molecule has 1 aliphatic rings. The summed E-state index contributed by atoms with van der Waals surface area (Å²) < 4.78 is 12.1. The van der Waals surface area contributed by atoms with E-state index >= 15 is 0 Å². The minimum atomic E-state index is -0.147. The standard InChI is InChI=1S/C19H16BrN3O3/c20-14-6-7-18(21-11-14)25-15-8-9-23(12-15)19(24)16-10-17(26-22-16)13-4-2-1-3-5-13/h1-7,10-11,15H,8-9,12H2. The highest BCUT2D eigenvalue weighted by Crippen LogP contribution is 2.23. The molecule has 3 aromatic rings. The van der Waals surface area contributed by atoms with Crippen molar-refractivity contribution in [2.24, 2.45) is 0 Å². The van der Waals surface area contributed by atoms with Gasteiger partial charge < -0.3 is 14.2 Å². The Balaban J connectivity index is 1.40. The predicted octanol–water partition coefficient (Wildman–Crippen LogP) is 3.79. The highest BCUT2D eigenvalue weighted by Gasteiger charge is 2.30. The third-order valence-electron chi connectivity index (χ3n) is 4.21. The Morgan fingerprint density at radius 2 is 2.08 bits per heavy atom. The molecule has 1 unspecified atom stereocenters. The zero-order valence-electron chi connectivity index (χ0n) is 13.8. The summed E-state index contributed by atoms with van der Waals surface area (Å²) in [5.74, 6) is 0.992. The lowest BCUT2D eigenvalue weighted by Crippen LogP contribution is -2.31. The molecule has 0 bridgehead atoms. The molecule has 0 N–H and O–H groups in total. The number of aromatic nitrogens is 2. The molecule has 1 atom stereocenters. The molecule has 7 heteroatoms. The summed E-state index contributed by atoms with van der Waals surface area (Å²) in [5, 5.41) is 3.93. The maximum absolute atomic E-state index is 12.7. The van der Waals surface area contributed by atoms with Gasteiger partial charge in [-0.05, 0) is 22.0 Å². The molecule has 1 saturated heterocycles. The van der Waals surface area contributed by atoms with Gasteiger partial charge in [0.05, 0.1) is 6.54 Å². The molecule has 0 aliphatic carbocycles. The van der Waals surface area contributed by atoms with Crippen molar-refractivity contribution in [3.63, 3.8) is 0 Å². The molecule has 3 heterocycles. The molecule has 0 radical (unpaired) electrons. The topological polar surface area (TPSA) is 68.5 Å². The van der Waals surface area contributed by atoms with Gasteiger partial charge in [0.25, 0.3) is 5.91 Å². The fourth-order valence-electron chi connectivity index (χ4n) is 2.89. The van der Waals surface area contributed by atoms with Gasteiger partial charge in [0, 0.05) is 41.3 Å². The van der Waals surface area contributed by atoms with Crippen LogP contribution in [0, 0.1) is 0 Å². The van der Waals surface area contributed by atoms with Crippen molar-refractivity contribution in [2.45, 2.75) is 12.5 Å². The van der Waals surface area contributed by atoms with Crippen molar-refractivity contribution in [2.75, 3.05) is 13.1 Å². The predicted molar refractivity (Wildman–Crippen MR) is 98.8 cm³/mol. The number of ether oxygens (including phenoxy) is 1. The first-order valence-electron chi connectivity index (χ1n) is 8.28. The molecule has 0 saturated carbocycles. The Bertz CT molecular complexity index is 896. The van der Waals surface area contributed by atoms with Gasteiger partial charge in [0.15, 0.2) is 11.5 Å². The summed E-state index contributed by atoms with van der Waals surface area (Å²) in [5.41, 5.74) is 1.20. The van der Waals surface area contributed by atoms with E-state index in [0.29, 0.717) is 30.4 Å². The number of likely N-dealkylation sites (tertiary alicyclic amines) is 1. The molecule has 26 heavy (non-hydrogen) atoms. The zero-order chi connectivity index (χ0) is 17.9. The summed E-state index contributed by atoms with van der Waals surface area (Å²) in [6, 6.07) is 15.0. The van der Waals surface area contributed by atoms with E-state index < -0.39 is 0 Å². The minimum absolute atomic E-state index is 0.0758. The number of amides is 1. The van der Waals surface area contributed by atoms with Crippen molar-refractivity contribution < 1.29 is 14.1 Å². The Morgan fingerprint density at radius 3 is 2.85 bits per heavy atom. The Labute approximate surface area is 158 Å². The molecule has 0 spiro atoms. The van der Waals surface area contributed by atoms with E-state index in [4.69, 9.17) is 9.26 Å². The zero-order valence-corrected chi connectivity index (χ0v) is 15.4. The van der Waals surface area contributed by atoms with Crippen molar-refractivity contribution in [1.29, 1.82) is 0 Å². The van der Waals surface area contributed by atoms with Crippen molar-refractivity contribution in [1.82, 2.24) is 15.0 Å². The van der Waals surface area contributed by atoms with E-state index in [1.54, 1.807) is 23.2 Å². The third kappa shape index (κ3) is 3.62. The maximum Gasteiger partial charge on any atom is 0.276 e. The van der Waals surface area contributed by atoms with Gasteiger partial charge in [-0.2, -0.15) is 0 Å². The average molecular weight is 414 g/mol. The first-order chi connectivity index (χ1) is 12.7. The first kappa shape index (κ1) is 16.8. The second-order valence-corrected chi connectivity index (χ2v) is 6.95. The number of benzene rings is 1. The van der Waals surface area contributed by atoms with E-state index in [1.807, 2.05) is 36.4 Å². The van der Waals surface area contributed by atoms with Gasteiger partial charge in [-0.1, -0.05) is 35.5 Å². The van der Waals surface area contributed by atoms with Crippen molar-refractivity contribution in [3.05, 3.63) is 64.9 Å². The molecule has 2 aromatic heterocycles. The summed E-state index contributed by atoms with van der Waals surface area (Å²) in [6.07, 6.45) is 2.37. The van der Waals surface area contributed by atoms with E-state index in [1.165, 1.54) is 0 Å². The third-order valence-corrected chi connectivity index (χ3v) is 4.68. The normalized spacial score (nSPS) is 16.7. The molecule has 1 amide bonds. The van der Waals surface area contributed by atoms with E-state index in [0.717, 1.165) is 16.5 Å². The van der Waals surface area contributed by atoms with Crippen LogP contribution in [0.25, 0.3) is 11.3 Å². The van der Waals surface area contributed by atoms with E-state index in [9.17, 15) is 4.79 Å². The Hall–Kier alpha value is -2.67. The summed E-state index contributed by atoms with van der Waals surface area (Å²) in [7, 11) is 0. The highest BCUT2D eigenvalue weighted by molar-refractivity contribution is 9.10. The largest absolute Gasteiger partial charge is 0.472 e. The Kier molecular flexibility index (Phi) is 4.71. The Morgan fingerprint density at radius 1 is 1.23 bits per heavy atom. The maximum atomic E-state index is 12.7. The second kappa shape index (κ2) is 7.29. The molecular formula is C19H16BrN3O3. The monoisotopic (exact) mass is 413 g/mol. The van der Waals surface area contributed by atoms with Crippen LogP contribution in [0.15, 0.2) is 63.7 Å². The van der Waals surface area contributed by atoms with Crippen LogP contribution in [0.5, 0.6) is 5.88 Å².